The zero-order valence-electron chi connectivity index (χ0n) is 19.3. The number of ether oxygens (including phenoxy) is 2. The van der Waals surface area contributed by atoms with Crippen LogP contribution >= 0.6 is 24.8 Å². The molecule has 0 spiro atoms. The Morgan fingerprint density at radius 3 is 1.50 bits per heavy atom. The molecule has 0 aliphatic heterocycles. The van der Waals surface area contributed by atoms with Crippen molar-refractivity contribution in [3.8, 4) is 23.6 Å². The van der Waals surface area contributed by atoms with Crippen molar-refractivity contribution in [1.29, 1.82) is 10.5 Å². The molecule has 34 heavy (non-hydrogen) atoms. The first-order valence-corrected chi connectivity index (χ1v) is 10.5. The van der Waals surface area contributed by atoms with Crippen LogP contribution in [0, 0.1) is 36.5 Å². The van der Waals surface area contributed by atoms with Crippen LogP contribution in [0.1, 0.15) is 22.3 Å². The molecule has 0 fully saturated rings. The van der Waals surface area contributed by atoms with Crippen molar-refractivity contribution in [2.75, 3.05) is 39.4 Å². The summed E-state index contributed by atoms with van der Waals surface area (Å²) in [4.78, 5) is 0. The van der Waals surface area contributed by atoms with Crippen molar-refractivity contribution in [2.24, 2.45) is 0 Å². The first-order chi connectivity index (χ1) is 15.4. The smallest absolute Gasteiger partial charge is 0.137 e. The van der Waals surface area contributed by atoms with E-state index in [0.717, 1.165) is 11.1 Å². The topological polar surface area (TPSA) is 131 Å². The molecule has 8 nitrogen and oxygen atoms in total. The quantitative estimate of drug-likeness (QED) is 0.302. The highest BCUT2D eigenvalue weighted by Gasteiger charge is 2.10. The summed E-state index contributed by atoms with van der Waals surface area (Å²) in [5.74, 6) is 0.939. The minimum atomic E-state index is -0.718. The maximum Gasteiger partial charge on any atom is 0.137 e. The van der Waals surface area contributed by atoms with E-state index < -0.39 is 12.2 Å². The number of hydrogen-bond acceptors (Lipinski definition) is 8. The number of nitrogens with one attached hydrogen (secondary N) is 2. The summed E-state index contributed by atoms with van der Waals surface area (Å²) in [5.41, 5.74) is 2.84. The predicted octanol–water partition coefficient (Wildman–Crippen LogP) is 2.25. The van der Waals surface area contributed by atoms with Gasteiger partial charge in [0, 0.05) is 26.2 Å². The van der Waals surface area contributed by atoms with Crippen LogP contribution in [-0.2, 0) is 0 Å². The minimum absolute atomic E-state index is 0. The van der Waals surface area contributed by atoms with Gasteiger partial charge in [-0.3, -0.25) is 0 Å². The van der Waals surface area contributed by atoms with E-state index in [1.165, 1.54) is 0 Å². The van der Waals surface area contributed by atoms with Gasteiger partial charge in [0.25, 0.3) is 0 Å². The van der Waals surface area contributed by atoms with E-state index in [1.807, 2.05) is 26.0 Å². The van der Waals surface area contributed by atoms with Gasteiger partial charge in [0.15, 0.2) is 0 Å². The maximum atomic E-state index is 10.1. The lowest BCUT2D eigenvalue weighted by molar-refractivity contribution is 0.103. The molecule has 0 amide bonds. The summed E-state index contributed by atoms with van der Waals surface area (Å²) in [6.45, 7) is 5.85. The van der Waals surface area contributed by atoms with Gasteiger partial charge in [-0.1, -0.05) is 12.1 Å². The van der Waals surface area contributed by atoms with Crippen LogP contribution in [-0.4, -0.2) is 61.8 Å². The van der Waals surface area contributed by atoms with Crippen molar-refractivity contribution in [3.63, 3.8) is 0 Å². The summed E-state index contributed by atoms with van der Waals surface area (Å²) < 4.78 is 11.1. The Labute approximate surface area is 213 Å². The van der Waals surface area contributed by atoms with Crippen molar-refractivity contribution in [2.45, 2.75) is 26.1 Å². The third kappa shape index (κ3) is 11.0. The Hall–Kier alpha value is -2.56. The van der Waals surface area contributed by atoms with Crippen molar-refractivity contribution in [1.82, 2.24) is 10.6 Å². The summed E-state index contributed by atoms with van der Waals surface area (Å²) in [6.07, 6.45) is -1.44. The lowest BCUT2D eigenvalue weighted by Gasteiger charge is -2.16. The number of aliphatic hydroxyl groups excluding tert-OH is 2. The Kier molecular flexibility index (Phi) is 15.7. The summed E-state index contributed by atoms with van der Waals surface area (Å²) in [6, 6.07) is 14.8. The number of nitrogens with zero attached hydrogens (tertiary/aromatic N) is 2. The van der Waals surface area contributed by atoms with Gasteiger partial charge in [-0.05, 0) is 49.2 Å². The van der Waals surface area contributed by atoms with Gasteiger partial charge in [0.1, 0.15) is 49.1 Å². The lowest BCUT2D eigenvalue weighted by atomic mass is 10.1. The first-order valence-electron chi connectivity index (χ1n) is 10.5. The maximum absolute atomic E-state index is 10.1. The fraction of sp³-hybridized carbons (Fsp3) is 0.417. The van der Waals surface area contributed by atoms with Crippen molar-refractivity contribution in [3.05, 3.63) is 58.7 Å². The number of rotatable bonds is 13. The monoisotopic (exact) mass is 510 g/mol. The Morgan fingerprint density at radius 2 is 1.15 bits per heavy atom. The zero-order chi connectivity index (χ0) is 23.3. The molecule has 2 aromatic rings. The highest BCUT2D eigenvalue weighted by atomic mass is 35.5. The highest BCUT2D eigenvalue weighted by Crippen LogP contribution is 2.20. The normalized spacial score (nSPS) is 11.7. The van der Waals surface area contributed by atoms with Gasteiger partial charge in [-0.2, -0.15) is 10.5 Å². The van der Waals surface area contributed by atoms with Crippen LogP contribution in [0.2, 0.25) is 0 Å². The molecule has 4 N–H and O–H groups in total. The van der Waals surface area contributed by atoms with E-state index in [4.69, 9.17) is 20.0 Å². The lowest BCUT2D eigenvalue weighted by Crippen LogP contribution is -2.38. The van der Waals surface area contributed by atoms with E-state index >= 15 is 0 Å². The molecular weight excluding hydrogens is 479 g/mol. The van der Waals surface area contributed by atoms with Crippen LogP contribution < -0.4 is 20.1 Å². The molecule has 0 radical (unpaired) electrons. The molecule has 0 aliphatic carbocycles. The summed E-state index contributed by atoms with van der Waals surface area (Å²) >= 11 is 0. The number of benzene rings is 2. The average molecular weight is 511 g/mol. The predicted molar refractivity (Wildman–Crippen MR) is 135 cm³/mol. The number of halogens is 2. The largest absolute Gasteiger partial charge is 0.489 e. The summed E-state index contributed by atoms with van der Waals surface area (Å²) in [7, 11) is 0. The molecule has 0 aliphatic rings. The number of nitriles is 2. The van der Waals surface area contributed by atoms with Gasteiger partial charge in [0.2, 0.25) is 0 Å². The van der Waals surface area contributed by atoms with Gasteiger partial charge >= 0.3 is 0 Å². The SMILES string of the molecule is Cc1ccc(C#N)c(OCC(O)CNCCNCC(O)COc2cc(C)ccc2C#N)c1.Cl.Cl. The molecule has 2 aromatic carbocycles. The molecule has 2 unspecified atom stereocenters. The first kappa shape index (κ1) is 31.4. The third-order valence-corrected chi connectivity index (χ3v) is 4.62. The third-order valence-electron chi connectivity index (χ3n) is 4.62. The van der Waals surface area contributed by atoms with E-state index in [9.17, 15) is 10.2 Å². The molecule has 0 heterocycles. The molecular formula is C24H32Cl2N4O4. The second-order valence-electron chi connectivity index (χ2n) is 7.56. The molecule has 2 rings (SSSR count). The van der Waals surface area contributed by atoms with E-state index in [-0.39, 0.29) is 38.0 Å². The highest BCUT2D eigenvalue weighted by molar-refractivity contribution is 5.85. The molecule has 2 atom stereocenters. The zero-order valence-corrected chi connectivity index (χ0v) is 20.9. The van der Waals surface area contributed by atoms with Crippen LogP contribution in [0.3, 0.4) is 0 Å². The fourth-order valence-electron chi connectivity index (χ4n) is 2.89. The van der Waals surface area contributed by atoms with Crippen molar-refractivity contribution >= 4 is 24.8 Å². The van der Waals surface area contributed by atoms with Crippen LogP contribution in [0.25, 0.3) is 0 Å². The fourth-order valence-corrected chi connectivity index (χ4v) is 2.89. The molecule has 0 saturated carbocycles. The molecule has 0 aromatic heterocycles. The van der Waals surface area contributed by atoms with Crippen LogP contribution in [0.4, 0.5) is 0 Å². The second-order valence-corrected chi connectivity index (χ2v) is 7.56. The van der Waals surface area contributed by atoms with E-state index in [0.29, 0.717) is 48.8 Å². The molecule has 0 saturated heterocycles. The average Bonchev–Trinajstić information content (AvgIpc) is 2.78. The van der Waals surface area contributed by atoms with Gasteiger partial charge in [-0.15, -0.1) is 24.8 Å². The minimum Gasteiger partial charge on any atom is -0.489 e. The second kappa shape index (κ2) is 17.0. The Balaban J connectivity index is 0.00000544. The van der Waals surface area contributed by atoms with E-state index in [1.54, 1.807) is 24.3 Å². The molecule has 10 heteroatoms. The van der Waals surface area contributed by atoms with Crippen LogP contribution in [0.15, 0.2) is 36.4 Å². The molecule has 186 valence electrons. The standard InChI is InChI=1S/C24H30N4O4.2ClH/c1-17-3-5-19(11-25)23(9-17)31-15-21(29)13-27-7-8-28-14-22(30)16-32-24-10-18(2)4-6-20(24)12-26;;/h3-6,9-10,21-22,27-30H,7-8,13-16H2,1-2H3;2*1H. The van der Waals surface area contributed by atoms with Crippen molar-refractivity contribution < 1.29 is 19.7 Å². The number of hydrogen-bond donors (Lipinski definition) is 4. The van der Waals surface area contributed by atoms with E-state index in [2.05, 4.69) is 22.8 Å². The molecule has 0 bridgehead atoms. The Morgan fingerprint density at radius 1 is 0.765 bits per heavy atom. The van der Waals surface area contributed by atoms with Crippen LogP contribution in [0.5, 0.6) is 11.5 Å². The number of aliphatic hydroxyl groups is 2. The van der Waals surface area contributed by atoms with Gasteiger partial charge in [-0.25, -0.2) is 0 Å². The summed E-state index contributed by atoms with van der Waals surface area (Å²) in [5, 5.41) is 44.6. The van der Waals surface area contributed by atoms with Gasteiger partial charge in [0.05, 0.1) is 11.1 Å². The Bertz CT molecular complexity index is 885. The number of aryl methyl sites for hydroxylation is 2. The van der Waals surface area contributed by atoms with Gasteiger partial charge < -0.3 is 30.3 Å².